The number of hydrogen-bond acceptors (Lipinski definition) is 6. The molecule has 7 nitrogen and oxygen atoms in total. The lowest BCUT2D eigenvalue weighted by Gasteiger charge is -2.32. The lowest BCUT2D eigenvalue weighted by atomic mass is 9.79. The van der Waals surface area contributed by atoms with Gasteiger partial charge in [0.05, 0.1) is 35.2 Å². The molecule has 0 bridgehead atoms. The number of nitrogens with one attached hydrogen (secondary N) is 1. The van der Waals surface area contributed by atoms with Gasteiger partial charge in [0.25, 0.3) is 0 Å². The van der Waals surface area contributed by atoms with E-state index in [1.54, 1.807) is 13.0 Å². The summed E-state index contributed by atoms with van der Waals surface area (Å²) in [6.07, 6.45) is 1.89. The van der Waals surface area contributed by atoms with Gasteiger partial charge in [-0.15, -0.1) is 0 Å². The SMILES string of the molecule is CB(O)N1C[C@H](O)C[C@H]1c1ncc(-c2ccc(B3OC(C)(C)C(C)(C)O3)cc2)[nH]1. The molecule has 2 fully saturated rings. The molecule has 0 aliphatic carbocycles. The van der Waals surface area contributed by atoms with Gasteiger partial charge in [-0.2, -0.15) is 0 Å². The Hall–Kier alpha value is -1.64. The number of imidazole rings is 1. The molecular formula is C20H29B2N3O4. The van der Waals surface area contributed by atoms with E-state index in [9.17, 15) is 10.1 Å². The quantitative estimate of drug-likeness (QED) is 0.680. The van der Waals surface area contributed by atoms with E-state index in [1.807, 2.05) is 56.8 Å². The van der Waals surface area contributed by atoms with Crippen molar-refractivity contribution in [2.45, 2.75) is 64.3 Å². The Morgan fingerprint density at radius 3 is 2.38 bits per heavy atom. The first-order chi connectivity index (χ1) is 13.6. The minimum Gasteiger partial charge on any atom is -0.437 e. The van der Waals surface area contributed by atoms with Gasteiger partial charge in [-0.25, -0.2) is 4.98 Å². The number of benzene rings is 1. The van der Waals surface area contributed by atoms with Crippen LogP contribution in [0.25, 0.3) is 11.3 Å². The summed E-state index contributed by atoms with van der Waals surface area (Å²) in [4.78, 5) is 9.72. The summed E-state index contributed by atoms with van der Waals surface area (Å²) in [7, 11) is -1.02. The Morgan fingerprint density at radius 2 is 1.79 bits per heavy atom. The zero-order valence-corrected chi connectivity index (χ0v) is 17.7. The highest BCUT2D eigenvalue weighted by molar-refractivity contribution is 6.62. The molecule has 0 radical (unpaired) electrons. The van der Waals surface area contributed by atoms with E-state index in [0.29, 0.717) is 13.0 Å². The van der Waals surface area contributed by atoms with Crippen molar-refractivity contribution in [1.82, 2.24) is 14.8 Å². The highest BCUT2D eigenvalue weighted by Crippen LogP contribution is 2.36. The topological polar surface area (TPSA) is 90.8 Å². The van der Waals surface area contributed by atoms with Crippen LogP contribution in [0.1, 0.15) is 46.0 Å². The van der Waals surface area contributed by atoms with Gasteiger partial charge in [0, 0.05) is 6.54 Å². The third kappa shape index (κ3) is 3.78. The molecule has 1 aromatic heterocycles. The van der Waals surface area contributed by atoms with Crippen LogP contribution in [0.2, 0.25) is 6.82 Å². The number of β-amino-alcohol motifs (C(OH)–C–C–N with tert-alkyl or cyclic N) is 1. The molecule has 1 aromatic carbocycles. The zero-order chi connectivity index (χ0) is 21.0. The number of aromatic nitrogens is 2. The Bertz CT molecular complexity index is 853. The fourth-order valence-corrected chi connectivity index (χ4v) is 3.97. The number of hydrogen-bond donors (Lipinski definition) is 3. The van der Waals surface area contributed by atoms with Crippen molar-refractivity contribution in [2.24, 2.45) is 0 Å². The van der Waals surface area contributed by atoms with Crippen molar-refractivity contribution in [2.75, 3.05) is 6.54 Å². The Morgan fingerprint density at radius 1 is 1.17 bits per heavy atom. The van der Waals surface area contributed by atoms with E-state index in [2.05, 4.69) is 9.97 Å². The minimum atomic E-state index is -0.634. The maximum Gasteiger partial charge on any atom is 0.494 e. The first-order valence-corrected chi connectivity index (χ1v) is 10.2. The Kier molecular flexibility index (Phi) is 5.16. The molecule has 0 saturated carbocycles. The summed E-state index contributed by atoms with van der Waals surface area (Å²) in [6, 6.07) is 7.95. The molecule has 2 aliphatic rings. The van der Waals surface area contributed by atoms with Crippen LogP contribution >= 0.6 is 0 Å². The molecule has 2 aromatic rings. The molecule has 2 aliphatic heterocycles. The first kappa shape index (κ1) is 20.6. The van der Waals surface area contributed by atoms with Crippen LogP contribution in [0.4, 0.5) is 0 Å². The van der Waals surface area contributed by atoms with E-state index in [4.69, 9.17) is 9.31 Å². The molecule has 29 heavy (non-hydrogen) atoms. The molecular weight excluding hydrogens is 368 g/mol. The lowest BCUT2D eigenvalue weighted by Crippen LogP contribution is -2.41. The van der Waals surface area contributed by atoms with E-state index in [1.165, 1.54) is 0 Å². The van der Waals surface area contributed by atoms with Gasteiger partial charge in [-0.1, -0.05) is 24.3 Å². The largest absolute Gasteiger partial charge is 0.494 e. The molecule has 2 atom stereocenters. The Balaban J connectivity index is 1.51. The Labute approximate surface area is 172 Å². The second-order valence-electron chi connectivity index (χ2n) is 9.13. The summed E-state index contributed by atoms with van der Waals surface area (Å²) in [5, 5.41) is 20.0. The van der Waals surface area contributed by atoms with Crippen molar-refractivity contribution in [3.63, 3.8) is 0 Å². The number of aliphatic hydroxyl groups excluding tert-OH is 1. The molecule has 0 unspecified atom stereocenters. The fraction of sp³-hybridized carbons (Fsp3) is 0.550. The smallest absolute Gasteiger partial charge is 0.437 e. The van der Waals surface area contributed by atoms with Crippen molar-refractivity contribution < 1.29 is 19.4 Å². The minimum absolute atomic E-state index is 0.122. The standard InChI is InChI=1S/C20H29B2N3O4/c1-19(2)20(3,4)29-22(28-19)14-8-6-13(7-9-14)16-11-23-18(24-16)17-10-15(26)12-25(17)21(5)27/h6-9,11,15,17,26-27H,10,12H2,1-5H3,(H,23,24)/t15-,17+/m1/s1. The second kappa shape index (κ2) is 7.25. The summed E-state index contributed by atoms with van der Waals surface area (Å²) < 4.78 is 12.2. The predicted molar refractivity (Wildman–Crippen MR) is 114 cm³/mol. The summed E-state index contributed by atoms with van der Waals surface area (Å²) in [6.45, 7) is 10.3. The number of aliphatic hydroxyl groups is 1. The average Bonchev–Trinajstić information content (AvgIpc) is 3.32. The maximum absolute atomic E-state index is 9.99. The summed E-state index contributed by atoms with van der Waals surface area (Å²) >= 11 is 0. The van der Waals surface area contributed by atoms with Crippen molar-refractivity contribution in [3.05, 3.63) is 36.3 Å². The molecule has 9 heteroatoms. The van der Waals surface area contributed by atoms with Gasteiger partial charge < -0.3 is 29.2 Å². The second-order valence-corrected chi connectivity index (χ2v) is 9.13. The van der Waals surface area contributed by atoms with Gasteiger partial charge >= 0.3 is 14.2 Å². The number of aromatic amines is 1. The molecule has 0 spiro atoms. The normalized spacial score (nSPS) is 26.2. The van der Waals surface area contributed by atoms with E-state index < -0.39 is 13.2 Å². The van der Waals surface area contributed by atoms with Crippen LogP contribution in [0, 0.1) is 0 Å². The third-order valence-corrected chi connectivity index (χ3v) is 6.46. The van der Waals surface area contributed by atoms with Crippen molar-refractivity contribution in [1.29, 1.82) is 0 Å². The van der Waals surface area contributed by atoms with Gasteiger partial charge in [-0.05, 0) is 52.0 Å². The van der Waals surface area contributed by atoms with Crippen LogP contribution in [0.15, 0.2) is 30.5 Å². The molecule has 154 valence electrons. The third-order valence-electron chi connectivity index (χ3n) is 6.46. The lowest BCUT2D eigenvalue weighted by molar-refractivity contribution is 0.00578. The van der Waals surface area contributed by atoms with Crippen molar-refractivity contribution >= 4 is 19.6 Å². The van der Waals surface area contributed by atoms with Gasteiger partial charge in [0.15, 0.2) is 0 Å². The predicted octanol–water partition coefficient (Wildman–Crippen LogP) is 1.59. The monoisotopic (exact) mass is 397 g/mol. The van der Waals surface area contributed by atoms with Crippen molar-refractivity contribution in [3.8, 4) is 11.3 Å². The molecule has 0 amide bonds. The van der Waals surface area contributed by atoms with Gasteiger partial charge in [0.1, 0.15) is 5.82 Å². The van der Waals surface area contributed by atoms with Crippen LogP contribution in [-0.2, 0) is 9.31 Å². The van der Waals surface area contributed by atoms with E-state index >= 15 is 0 Å². The summed E-state index contributed by atoms with van der Waals surface area (Å²) in [5.74, 6) is 0.757. The molecule has 4 rings (SSSR count). The molecule has 2 saturated heterocycles. The molecule has 3 heterocycles. The zero-order valence-electron chi connectivity index (χ0n) is 17.7. The van der Waals surface area contributed by atoms with Crippen LogP contribution in [0.5, 0.6) is 0 Å². The number of H-pyrrole nitrogens is 1. The maximum atomic E-state index is 9.99. The number of rotatable bonds is 4. The fourth-order valence-electron chi connectivity index (χ4n) is 3.97. The first-order valence-electron chi connectivity index (χ1n) is 10.2. The highest BCUT2D eigenvalue weighted by atomic mass is 16.7. The molecule has 3 N–H and O–H groups in total. The highest BCUT2D eigenvalue weighted by Gasteiger charge is 2.51. The van der Waals surface area contributed by atoms with Gasteiger partial charge in [-0.3, -0.25) is 0 Å². The summed E-state index contributed by atoms with van der Waals surface area (Å²) in [5.41, 5.74) is 2.15. The van der Waals surface area contributed by atoms with Gasteiger partial charge in [0.2, 0.25) is 0 Å². The number of nitrogens with zero attached hydrogens (tertiary/aromatic N) is 2. The van der Waals surface area contributed by atoms with E-state index in [-0.39, 0.29) is 24.4 Å². The van der Waals surface area contributed by atoms with E-state index in [0.717, 1.165) is 22.5 Å². The van der Waals surface area contributed by atoms with Crippen LogP contribution in [0.3, 0.4) is 0 Å². The average molecular weight is 397 g/mol. The van der Waals surface area contributed by atoms with Crippen LogP contribution < -0.4 is 5.46 Å². The van der Waals surface area contributed by atoms with Crippen LogP contribution in [-0.4, -0.2) is 62.9 Å².